The molecule has 0 saturated heterocycles. The molecule has 126 valence electrons. The van der Waals surface area contributed by atoms with Gasteiger partial charge in [0.05, 0.1) is 17.3 Å². The first-order valence-electron chi connectivity index (χ1n) is 7.96. The highest BCUT2D eigenvalue weighted by Gasteiger charge is 2.14. The Bertz CT molecular complexity index is 873. The fourth-order valence-electron chi connectivity index (χ4n) is 2.73. The van der Waals surface area contributed by atoms with Gasteiger partial charge in [0.1, 0.15) is 18.5 Å². The lowest BCUT2D eigenvalue weighted by Crippen LogP contribution is -2.25. The van der Waals surface area contributed by atoms with Gasteiger partial charge in [0.2, 0.25) is 0 Å². The zero-order valence-corrected chi connectivity index (χ0v) is 14.8. The number of ether oxygens (including phenoxy) is 1. The highest BCUT2D eigenvalue weighted by atomic mass is 35.5. The zero-order chi connectivity index (χ0) is 17.3. The normalized spacial score (nSPS) is 12.5. The van der Waals surface area contributed by atoms with Crippen molar-refractivity contribution in [3.63, 3.8) is 0 Å². The molecule has 24 heavy (non-hydrogen) atoms. The van der Waals surface area contributed by atoms with Crippen molar-refractivity contribution in [2.45, 2.75) is 33.4 Å². The maximum atomic E-state index is 10.3. The van der Waals surface area contributed by atoms with Gasteiger partial charge in [-0.1, -0.05) is 41.9 Å². The van der Waals surface area contributed by atoms with Gasteiger partial charge in [-0.05, 0) is 37.8 Å². The van der Waals surface area contributed by atoms with Gasteiger partial charge >= 0.3 is 0 Å². The molecule has 5 heteroatoms. The van der Waals surface area contributed by atoms with Gasteiger partial charge in [0.25, 0.3) is 0 Å². The molecule has 0 aliphatic rings. The van der Waals surface area contributed by atoms with Crippen LogP contribution in [0.2, 0.25) is 5.02 Å². The summed E-state index contributed by atoms with van der Waals surface area (Å²) in [4.78, 5) is 0. The van der Waals surface area contributed by atoms with Crippen molar-refractivity contribution in [2.24, 2.45) is 0 Å². The molecule has 0 saturated carbocycles. The van der Waals surface area contributed by atoms with Crippen LogP contribution in [0.25, 0.3) is 10.8 Å². The van der Waals surface area contributed by atoms with Crippen LogP contribution in [-0.2, 0) is 6.54 Å². The van der Waals surface area contributed by atoms with E-state index in [0.717, 1.165) is 27.7 Å². The van der Waals surface area contributed by atoms with Gasteiger partial charge in [0, 0.05) is 11.1 Å². The van der Waals surface area contributed by atoms with Crippen molar-refractivity contribution in [1.82, 2.24) is 9.78 Å². The summed E-state index contributed by atoms with van der Waals surface area (Å²) in [5.74, 6) is 0.582. The van der Waals surface area contributed by atoms with E-state index in [1.54, 1.807) is 0 Å². The van der Waals surface area contributed by atoms with Crippen molar-refractivity contribution in [3.8, 4) is 5.75 Å². The zero-order valence-electron chi connectivity index (χ0n) is 14.1. The van der Waals surface area contributed by atoms with Crippen molar-refractivity contribution < 1.29 is 9.84 Å². The molecule has 0 unspecified atom stereocenters. The molecule has 2 aromatic carbocycles. The molecule has 1 N–H and O–H groups in total. The smallest absolute Gasteiger partial charge is 0.138 e. The third kappa shape index (κ3) is 3.25. The van der Waals surface area contributed by atoms with E-state index in [1.807, 2.05) is 61.9 Å². The van der Waals surface area contributed by atoms with Crippen LogP contribution in [0, 0.1) is 20.8 Å². The number of hydrogen-bond acceptors (Lipinski definition) is 3. The lowest BCUT2D eigenvalue weighted by molar-refractivity contribution is 0.0888. The molecule has 0 radical (unpaired) electrons. The van der Waals surface area contributed by atoms with Gasteiger partial charge in [0.15, 0.2) is 0 Å². The van der Waals surface area contributed by atoms with E-state index >= 15 is 0 Å². The van der Waals surface area contributed by atoms with Crippen LogP contribution >= 0.6 is 11.6 Å². The van der Waals surface area contributed by atoms with Crippen LogP contribution in [0.1, 0.15) is 17.0 Å². The van der Waals surface area contributed by atoms with Crippen molar-refractivity contribution in [1.29, 1.82) is 0 Å². The number of benzene rings is 2. The Balaban J connectivity index is 1.69. The average molecular weight is 345 g/mol. The van der Waals surface area contributed by atoms with Gasteiger partial charge in [-0.2, -0.15) is 5.10 Å². The van der Waals surface area contributed by atoms with Gasteiger partial charge in [-0.3, -0.25) is 4.68 Å². The number of aliphatic hydroxyl groups is 1. The van der Waals surface area contributed by atoms with Crippen LogP contribution in [-0.4, -0.2) is 27.6 Å². The summed E-state index contributed by atoms with van der Waals surface area (Å²) in [7, 11) is 0. The summed E-state index contributed by atoms with van der Waals surface area (Å²) in [5.41, 5.74) is 3.20. The molecule has 0 aliphatic carbocycles. The molecule has 0 fully saturated rings. The predicted molar refractivity (Wildman–Crippen MR) is 96.9 cm³/mol. The molecule has 0 spiro atoms. The molecular formula is C19H21ClN2O2. The van der Waals surface area contributed by atoms with Crippen LogP contribution < -0.4 is 4.74 Å². The summed E-state index contributed by atoms with van der Waals surface area (Å²) in [6.45, 7) is 6.56. The first-order chi connectivity index (χ1) is 11.5. The second-order valence-electron chi connectivity index (χ2n) is 6.04. The SMILES string of the molecule is Cc1nn(C[C@@H](O)COc2ccc3ccccc3c2Cl)c(C)c1C. The molecular weight excluding hydrogens is 324 g/mol. The Labute approximate surface area is 146 Å². The number of rotatable bonds is 5. The molecule has 0 amide bonds. The third-order valence-electron chi connectivity index (χ3n) is 4.39. The summed E-state index contributed by atoms with van der Waals surface area (Å²) in [5, 5.41) is 17.3. The van der Waals surface area contributed by atoms with Crippen LogP contribution in [0.4, 0.5) is 0 Å². The monoisotopic (exact) mass is 344 g/mol. The molecule has 3 aromatic rings. The van der Waals surface area contributed by atoms with E-state index in [0.29, 0.717) is 17.3 Å². The van der Waals surface area contributed by atoms with E-state index in [-0.39, 0.29) is 6.61 Å². The molecule has 0 aliphatic heterocycles. The Morgan fingerprint density at radius 1 is 1.17 bits per heavy atom. The number of halogens is 1. The largest absolute Gasteiger partial charge is 0.489 e. The van der Waals surface area contributed by atoms with Crippen LogP contribution in [0.5, 0.6) is 5.75 Å². The highest BCUT2D eigenvalue weighted by molar-refractivity contribution is 6.37. The van der Waals surface area contributed by atoms with E-state index in [4.69, 9.17) is 16.3 Å². The average Bonchev–Trinajstić information content (AvgIpc) is 2.81. The number of aliphatic hydroxyl groups excluding tert-OH is 1. The van der Waals surface area contributed by atoms with Crippen molar-refractivity contribution >= 4 is 22.4 Å². The third-order valence-corrected chi connectivity index (χ3v) is 4.78. The maximum absolute atomic E-state index is 10.3. The topological polar surface area (TPSA) is 47.3 Å². The van der Waals surface area contributed by atoms with Gasteiger partial charge < -0.3 is 9.84 Å². The van der Waals surface area contributed by atoms with Crippen LogP contribution in [0.3, 0.4) is 0 Å². The molecule has 0 bridgehead atoms. The van der Waals surface area contributed by atoms with E-state index in [1.165, 1.54) is 0 Å². The lowest BCUT2D eigenvalue weighted by atomic mass is 10.1. The lowest BCUT2D eigenvalue weighted by Gasteiger charge is -2.15. The number of fused-ring (bicyclic) bond motifs is 1. The molecule has 3 rings (SSSR count). The summed E-state index contributed by atoms with van der Waals surface area (Å²) in [6, 6.07) is 11.7. The second kappa shape index (κ2) is 6.83. The molecule has 1 heterocycles. The van der Waals surface area contributed by atoms with Gasteiger partial charge in [-0.15, -0.1) is 0 Å². The summed E-state index contributed by atoms with van der Waals surface area (Å²) in [6.07, 6.45) is -0.662. The summed E-state index contributed by atoms with van der Waals surface area (Å²) < 4.78 is 7.55. The minimum atomic E-state index is -0.662. The van der Waals surface area contributed by atoms with Crippen molar-refractivity contribution in [2.75, 3.05) is 6.61 Å². The standard InChI is InChI=1S/C19H21ClN2O2/c1-12-13(2)21-22(14(12)3)10-16(23)11-24-18-9-8-15-6-4-5-7-17(15)19(18)20/h4-9,16,23H,10-11H2,1-3H3/t16-/m1/s1. The van der Waals surface area contributed by atoms with E-state index < -0.39 is 6.10 Å². The Morgan fingerprint density at radius 3 is 2.62 bits per heavy atom. The van der Waals surface area contributed by atoms with E-state index in [2.05, 4.69) is 5.10 Å². The van der Waals surface area contributed by atoms with Gasteiger partial charge in [-0.25, -0.2) is 0 Å². The Morgan fingerprint density at radius 2 is 1.92 bits per heavy atom. The fourth-order valence-corrected chi connectivity index (χ4v) is 3.02. The van der Waals surface area contributed by atoms with E-state index in [9.17, 15) is 5.11 Å². The first kappa shape index (κ1) is 16.8. The fraction of sp³-hybridized carbons (Fsp3) is 0.316. The molecule has 1 atom stereocenters. The predicted octanol–water partition coefficient (Wildman–Crippen LogP) is 4.05. The quantitative estimate of drug-likeness (QED) is 0.759. The first-order valence-corrected chi connectivity index (χ1v) is 8.34. The molecule has 1 aromatic heterocycles. The van der Waals surface area contributed by atoms with Crippen molar-refractivity contribution in [3.05, 3.63) is 58.4 Å². The highest BCUT2D eigenvalue weighted by Crippen LogP contribution is 2.32. The maximum Gasteiger partial charge on any atom is 0.138 e. The molecule has 4 nitrogen and oxygen atoms in total. The Kier molecular flexibility index (Phi) is 4.78. The minimum Gasteiger partial charge on any atom is -0.489 e. The number of nitrogens with zero attached hydrogens (tertiary/aromatic N) is 2. The second-order valence-corrected chi connectivity index (χ2v) is 6.42. The Hall–Kier alpha value is -2.04. The minimum absolute atomic E-state index is 0.162. The number of aromatic nitrogens is 2. The summed E-state index contributed by atoms with van der Waals surface area (Å²) >= 11 is 6.41. The van der Waals surface area contributed by atoms with Crippen LogP contribution in [0.15, 0.2) is 36.4 Å². The number of aryl methyl sites for hydroxylation is 1. The number of hydrogen-bond donors (Lipinski definition) is 1.